The van der Waals surface area contributed by atoms with E-state index in [1.807, 2.05) is 51.1 Å². The van der Waals surface area contributed by atoms with Gasteiger partial charge in [-0.3, -0.25) is 24.1 Å². The van der Waals surface area contributed by atoms with Gasteiger partial charge in [-0.05, 0) is 57.4 Å². The van der Waals surface area contributed by atoms with Crippen LogP contribution in [0.1, 0.15) is 30.9 Å². The van der Waals surface area contributed by atoms with Crippen molar-refractivity contribution in [2.75, 3.05) is 9.80 Å². The van der Waals surface area contributed by atoms with Crippen LogP contribution in [0.25, 0.3) is 0 Å². The highest BCUT2D eigenvalue weighted by molar-refractivity contribution is 6.23. The van der Waals surface area contributed by atoms with Crippen LogP contribution in [0.5, 0.6) is 0 Å². The Balaban J connectivity index is 1.41. The monoisotopic (exact) mass is 442 g/mol. The summed E-state index contributed by atoms with van der Waals surface area (Å²) in [6.45, 7) is 5.76. The molecule has 2 fully saturated rings. The fourth-order valence-electron chi connectivity index (χ4n) is 5.46. The van der Waals surface area contributed by atoms with Crippen molar-refractivity contribution in [2.45, 2.75) is 33.6 Å². The van der Waals surface area contributed by atoms with Crippen molar-refractivity contribution in [3.05, 3.63) is 71.3 Å². The second-order valence-corrected chi connectivity index (χ2v) is 9.46. The molecule has 2 aromatic carbocycles. The first kappa shape index (κ1) is 21.3. The second kappa shape index (κ2) is 7.80. The number of allylic oxidation sites excluding steroid dienone is 1. The molecule has 168 valence electrons. The summed E-state index contributed by atoms with van der Waals surface area (Å²) in [5.74, 6) is -2.69. The van der Waals surface area contributed by atoms with Crippen LogP contribution in [0, 0.1) is 37.5 Å². The van der Waals surface area contributed by atoms with Crippen molar-refractivity contribution < 1.29 is 19.2 Å². The van der Waals surface area contributed by atoms with Crippen LogP contribution in [0.2, 0.25) is 0 Å². The van der Waals surface area contributed by atoms with Crippen LogP contribution in [0.4, 0.5) is 11.4 Å². The van der Waals surface area contributed by atoms with Gasteiger partial charge in [0, 0.05) is 6.42 Å². The van der Waals surface area contributed by atoms with Crippen molar-refractivity contribution in [3.8, 4) is 0 Å². The van der Waals surface area contributed by atoms with Gasteiger partial charge in [-0.25, -0.2) is 4.90 Å². The maximum atomic E-state index is 13.3. The van der Waals surface area contributed by atoms with Crippen LogP contribution in [-0.2, 0) is 19.2 Å². The van der Waals surface area contributed by atoms with Crippen LogP contribution >= 0.6 is 0 Å². The van der Waals surface area contributed by atoms with Gasteiger partial charge >= 0.3 is 0 Å². The number of hydrogen-bond donors (Lipinski definition) is 0. The second-order valence-electron chi connectivity index (χ2n) is 9.46. The molecule has 0 bridgehead atoms. The normalized spacial score (nSPS) is 27.3. The topological polar surface area (TPSA) is 74.8 Å². The van der Waals surface area contributed by atoms with Gasteiger partial charge in [0.15, 0.2) is 0 Å². The summed E-state index contributed by atoms with van der Waals surface area (Å²) >= 11 is 0. The minimum atomic E-state index is -0.522. The van der Waals surface area contributed by atoms with E-state index in [1.165, 1.54) is 9.80 Å². The van der Waals surface area contributed by atoms with Crippen molar-refractivity contribution in [1.82, 2.24) is 0 Å². The fourth-order valence-corrected chi connectivity index (χ4v) is 5.46. The van der Waals surface area contributed by atoms with Crippen LogP contribution in [0.3, 0.4) is 0 Å². The zero-order chi connectivity index (χ0) is 23.4. The molecule has 5 rings (SSSR count). The van der Waals surface area contributed by atoms with E-state index in [-0.39, 0.29) is 36.0 Å². The highest BCUT2D eigenvalue weighted by Crippen LogP contribution is 2.46. The fraction of sp³-hybridized carbons (Fsp3) is 0.333. The number of imide groups is 2. The highest BCUT2D eigenvalue weighted by atomic mass is 16.2. The zero-order valence-electron chi connectivity index (χ0n) is 18.9. The number of nitrogens with zero attached hydrogens (tertiary/aromatic N) is 2. The lowest BCUT2D eigenvalue weighted by molar-refractivity contribution is -0.125. The molecule has 2 aliphatic heterocycles. The zero-order valence-corrected chi connectivity index (χ0v) is 18.9. The molecule has 3 aliphatic rings. The Morgan fingerprint density at radius 1 is 0.667 bits per heavy atom. The SMILES string of the molecule is CC1=C[C@H]([C@H]2CC(=O)N(c3ccc(C)cc3)C2=O)C[C@H]2C(=O)N(c3ccc(C)cc3)C(=O)[C@H]12. The van der Waals surface area contributed by atoms with Crippen molar-refractivity contribution in [1.29, 1.82) is 0 Å². The summed E-state index contributed by atoms with van der Waals surface area (Å²) in [6, 6.07) is 14.7. The summed E-state index contributed by atoms with van der Waals surface area (Å²) < 4.78 is 0. The molecule has 0 N–H and O–H groups in total. The largest absolute Gasteiger partial charge is 0.274 e. The number of aryl methyl sites for hydroxylation is 2. The molecular formula is C27H26N2O4. The van der Waals surface area contributed by atoms with Crippen LogP contribution in [-0.4, -0.2) is 23.6 Å². The lowest BCUT2D eigenvalue weighted by Gasteiger charge is -2.29. The third-order valence-corrected chi connectivity index (χ3v) is 7.20. The van der Waals surface area contributed by atoms with Crippen molar-refractivity contribution in [2.24, 2.45) is 23.7 Å². The third-order valence-electron chi connectivity index (χ3n) is 7.20. The predicted octanol–water partition coefficient (Wildman–Crippen LogP) is 3.95. The van der Waals surface area contributed by atoms with Gasteiger partial charge in [0.1, 0.15) is 0 Å². The number of rotatable bonds is 3. The molecule has 4 atom stereocenters. The maximum Gasteiger partial charge on any atom is 0.241 e. The van der Waals surface area contributed by atoms with E-state index >= 15 is 0 Å². The molecule has 2 aromatic rings. The van der Waals surface area contributed by atoms with Crippen molar-refractivity contribution >= 4 is 35.0 Å². The molecule has 0 aromatic heterocycles. The smallest absolute Gasteiger partial charge is 0.241 e. The van der Waals surface area contributed by atoms with E-state index in [9.17, 15) is 19.2 Å². The summed E-state index contributed by atoms with van der Waals surface area (Å²) in [5, 5.41) is 0. The number of carbonyl (C=O) groups excluding carboxylic acids is 4. The number of amides is 4. The van der Waals surface area contributed by atoms with Gasteiger partial charge in [-0.1, -0.05) is 47.0 Å². The van der Waals surface area contributed by atoms with Crippen LogP contribution < -0.4 is 9.80 Å². The maximum absolute atomic E-state index is 13.3. The lowest BCUT2D eigenvalue weighted by Crippen LogP contribution is -2.35. The molecule has 0 unspecified atom stereocenters. The molecule has 6 heteroatoms. The molecule has 33 heavy (non-hydrogen) atoms. The summed E-state index contributed by atoms with van der Waals surface area (Å²) in [7, 11) is 0. The number of fused-ring (bicyclic) bond motifs is 1. The molecule has 0 spiro atoms. The van der Waals surface area contributed by atoms with Gasteiger partial charge in [-0.2, -0.15) is 0 Å². The molecular weight excluding hydrogens is 416 g/mol. The standard InChI is InChI=1S/C27H26N2O4/c1-15-4-8-19(9-5-15)28-23(30)14-21(25(28)31)18-12-17(3)24-22(13-18)26(32)29(27(24)33)20-10-6-16(2)7-11-20/h4-12,18,21-22,24H,13-14H2,1-3H3/t18-,21+,22+,24+/m0/s1. The molecule has 4 amide bonds. The number of anilines is 2. The van der Waals surface area contributed by atoms with E-state index in [0.29, 0.717) is 17.8 Å². The Morgan fingerprint density at radius 2 is 1.18 bits per heavy atom. The van der Waals surface area contributed by atoms with Gasteiger partial charge in [0.2, 0.25) is 23.6 Å². The Kier molecular flexibility index (Phi) is 5.04. The Labute approximate surface area is 192 Å². The predicted molar refractivity (Wildman–Crippen MR) is 124 cm³/mol. The minimum Gasteiger partial charge on any atom is -0.274 e. The molecule has 6 nitrogen and oxygen atoms in total. The van der Waals surface area contributed by atoms with Crippen molar-refractivity contribution in [3.63, 3.8) is 0 Å². The average Bonchev–Trinajstić information content (AvgIpc) is 3.22. The number of carbonyl (C=O) groups is 4. The van der Waals surface area contributed by atoms with Crippen LogP contribution in [0.15, 0.2) is 60.2 Å². The number of hydrogen-bond acceptors (Lipinski definition) is 4. The van der Waals surface area contributed by atoms with E-state index in [0.717, 1.165) is 16.7 Å². The quantitative estimate of drug-likeness (QED) is 0.533. The Bertz CT molecular complexity index is 1200. The van der Waals surface area contributed by atoms with Gasteiger partial charge in [0.25, 0.3) is 0 Å². The molecule has 1 aliphatic carbocycles. The van der Waals surface area contributed by atoms with Gasteiger partial charge < -0.3 is 0 Å². The Hall–Kier alpha value is -3.54. The Morgan fingerprint density at radius 3 is 1.76 bits per heavy atom. The summed E-state index contributed by atoms with van der Waals surface area (Å²) in [5.41, 5.74) is 4.05. The van der Waals surface area contributed by atoms with E-state index in [4.69, 9.17) is 0 Å². The first-order valence-electron chi connectivity index (χ1n) is 11.3. The first-order valence-corrected chi connectivity index (χ1v) is 11.3. The van der Waals surface area contributed by atoms with E-state index < -0.39 is 17.8 Å². The number of benzene rings is 2. The molecule has 2 heterocycles. The highest BCUT2D eigenvalue weighted by Gasteiger charge is 2.53. The lowest BCUT2D eigenvalue weighted by atomic mass is 9.71. The molecule has 0 radical (unpaired) electrons. The van der Waals surface area contributed by atoms with E-state index in [1.54, 1.807) is 24.3 Å². The van der Waals surface area contributed by atoms with Gasteiger partial charge in [-0.15, -0.1) is 0 Å². The first-order chi connectivity index (χ1) is 15.8. The average molecular weight is 443 g/mol. The van der Waals surface area contributed by atoms with Gasteiger partial charge in [0.05, 0.1) is 29.1 Å². The minimum absolute atomic E-state index is 0.113. The third kappa shape index (κ3) is 3.41. The summed E-state index contributed by atoms with van der Waals surface area (Å²) in [4.78, 5) is 55.1. The summed E-state index contributed by atoms with van der Waals surface area (Å²) in [6.07, 6.45) is 2.45. The van der Waals surface area contributed by atoms with E-state index in [2.05, 4.69) is 0 Å². The molecule has 0 saturated carbocycles. The molecule has 2 saturated heterocycles.